The second-order valence-corrected chi connectivity index (χ2v) is 7.30. The number of nitrogens with zero attached hydrogens (tertiary/aromatic N) is 2. The monoisotopic (exact) mass is 386 g/mol. The van der Waals surface area contributed by atoms with E-state index in [1.807, 2.05) is 66.2 Å². The van der Waals surface area contributed by atoms with Gasteiger partial charge in [-0.1, -0.05) is 48.5 Å². The zero-order chi connectivity index (χ0) is 19.9. The first-order valence-corrected chi connectivity index (χ1v) is 9.36. The van der Waals surface area contributed by atoms with Crippen molar-refractivity contribution in [3.8, 4) is 11.3 Å². The van der Waals surface area contributed by atoms with Crippen molar-refractivity contribution in [2.75, 3.05) is 13.1 Å². The van der Waals surface area contributed by atoms with Crippen molar-refractivity contribution < 1.29 is 18.0 Å². The number of likely N-dealkylation sites (tertiary alicyclic amines) is 1. The molecule has 1 aliphatic rings. The van der Waals surface area contributed by atoms with Crippen molar-refractivity contribution in [3.05, 3.63) is 60.2 Å². The maximum atomic E-state index is 13.4. The predicted octanol–water partition coefficient (Wildman–Crippen LogP) is 5.26. The summed E-state index contributed by atoms with van der Waals surface area (Å²) >= 11 is 0. The summed E-state index contributed by atoms with van der Waals surface area (Å²) in [5.41, 5.74) is 2.97. The lowest BCUT2D eigenvalue weighted by atomic mass is 9.96. The molecule has 0 bridgehead atoms. The highest BCUT2D eigenvalue weighted by Gasteiger charge is 2.43. The van der Waals surface area contributed by atoms with Gasteiger partial charge in [0, 0.05) is 31.0 Å². The summed E-state index contributed by atoms with van der Waals surface area (Å²) in [6, 6.07) is 17.0. The van der Waals surface area contributed by atoms with Gasteiger partial charge in [-0.15, -0.1) is 0 Å². The first-order valence-electron chi connectivity index (χ1n) is 9.36. The SMILES string of the molecule is Cn1c(-c2ccccc2)c(C(=O)N2CCC[C@H](C(F)(F)F)C2)c2ccccc21. The highest BCUT2D eigenvalue weighted by molar-refractivity contribution is 6.12. The summed E-state index contributed by atoms with van der Waals surface area (Å²) in [4.78, 5) is 14.8. The van der Waals surface area contributed by atoms with Crippen LogP contribution in [0.1, 0.15) is 23.2 Å². The first-order chi connectivity index (χ1) is 13.4. The summed E-state index contributed by atoms with van der Waals surface area (Å²) < 4.78 is 41.7. The number of aromatic nitrogens is 1. The van der Waals surface area contributed by atoms with Crippen LogP contribution in [0.5, 0.6) is 0 Å². The van der Waals surface area contributed by atoms with E-state index < -0.39 is 12.1 Å². The second-order valence-electron chi connectivity index (χ2n) is 7.30. The molecule has 6 heteroatoms. The van der Waals surface area contributed by atoms with E-state index in [9.17, 15) is 18.0 Å². The molecule has 0 N–H and O–H groups in total. The predicted molar refractivity (Wildman–Crippen MR) is 103 cm³/mol. The third kappa shape index (κ3) is 3.17. The Balaban J connectivity index is 1.83. The minimum atomic E-state index is -4.28. The number of rotatable bonds is 2. The molecule has 0 radical (unpaired) electrons. The van der Waals surface area contributed by atoms with Gasteiger partial charge in [0.1, 0.15) is 0 Å². The second kappa shape index (κ2) is 7.00. The summed E-state index contributed by atoms with van der Waals surface area (Å²) in [6.45, 7) is 0.0721. The van der Waals surface area contributed by atoms with E-state index in [0.29, 0.717) is 18.5 Å². The van der Waals surface area contributed by atoms with E-state index in [-0.39, 0.29) is 18.9 Å². The van der Waals surface area contributed by atoms with Crippen molar-refractivity contribution >= 4 is 16.8 Å². The molecule has 0 saturated carbocycles. The number of carbonyl (C=O) groups excluding carboxylic acids is 1. The van der Waals surface area contributed by atoms with E-state index >= 15 is 0 Å². The lowest BCUT2D eigenvalue weighted by molar-refractivity contribution is -0.184. The molecule has 1 aliphatic heterocycles. The van der Waals surface area contributed by atoms with E-state index in [4.69, 9.17) is 0 Å². The van der Waals surface area contributed by atoms with Gasteiger partial charge in [-0.25, -0.2) is 0 Å². The molecule has 2 aromatic carbocycles. The molecule has 2 heterocycles. The molecular formula is C22H21F3N2O. The van der Waals surface area contributed by atoms with Gasteiger partial charge in [0.15, 0.2) is 0 Å². The lowest BCUT2D eigenvalue weighted by Gasteiger charge is -2.34. The standard InChI is InChI=1S/C22H21F3N2O/c1-26-18-12-6-5-11-17(18)19(20(26)15-8-3-2-4-9-15)21(28)27-13-7-10-16(14-27)22(23,24)25/h2-6,8-9,11-12,16H,7,10,13-14H2,1H3/t16-/m0/s1. The number of aryl methyl sites for hydroxylation is 1. The maximum Gasteiger partial charge on any atom is 0.393 e. The first kappa shape index (κ1) is 18.6. The van der Waals surface area contributed by atoms with Gasteiger partial charge in [-0.2, -0.15) is 13.2 Å². The molecule has 3 aromatic rings. The number of hydrogen-bond donors (Lipinski definition) is 0. The number of alkyl halides is 3. The number of halogens is 3. The summed E-state index contributed by atoms with van der Waals surface area (Å²) in [7, 11) is 1.89. The van der Waals surface area contributed by atoms with Crippen LogP contribution >= 0.6 is 0 Å². The Kier molecular flexibility index (Phi) is 4.65. The number of benzene rings is 2. The van der Waals surface area contributed by atoms with Crippen molar-refractivity contribution in [3.63, 3.8) is 0 Å². The van der Waals surface area contributed by atoms with Crippen LogP contribution in [0.4, 0.5) is 13.2 Å². The van der Waals surface area contributed by atoms with Gasteiger partial charge < -0.3 is 9.47 Å². The van der Waals surface area contributed by atoms with Gasteiger partial charge >= 0.3 is 6.18 Å². The normalized spacial score (nSPS) is 17.9. The topological polar surface area (TPSA) is 25.2 Å². The Morgan fingerprint density at radius 1 is 1.04 bits per heavy atom. The van der Waals surface area contributed by atoms with Crippen molar-refractivity contribution in [1.29, 1.82) is 0 Å². The third-order valence-electron chi connectivity index (χ3n) is 5.54. The molecule has 1 amide bonds. The van der Waals surface area contributed by atoms with Gasteiger partial charge in [0.25, 0.3) is 5.91 Å². The van der Waals surface area contributed by atoms with Crippen LogP contribution in [-0.2, 0) is 7.05 Å². The quantitative estimate of drug-likeness (QED) is 0.590. The van der Waals surface area contributed by atoms with E-state index in [1.54, 1.807) is 0 Å². The molecule has 1 saturated heterocycles. The molecule has 1 atom stereocenters. The summed E-state index contributed by atoms with van der Waals surface area (Å²) in [6.07, 6.45) is -3.84. The molecular weight excluding hydrogens is 365 g/mol. The lowest BCUT2D eigenvalue weighted by Crippen LogP contribution is -2.44. The maximum absolute atomic E-state index is 13.4. The van der Waals surface area contributed by atoms with Gasteiger partial charge in [0.05, 0.1) is 17.2 Å². The number of carbonyl (C=O) groups is 1. The number of amides is 1. The fourth-order valence-corrected chi connectivity index (χ4v) is 4.13. The van der Waals surface area contributed by atoms with E-state index in [1.165, 1.54) is 4.90 Å². The Labute approximate surface area is 161 Å². The van der Waals surface area contributed by atoms with Gasteiger partial charge in [-0.05, 0) is 24.5 Å². The van der Waals surface area contributed by atoms with Crippen molar-refractivity contribution in [2.45, 2.75) is 19.0 Å². The molecule has 28 heavy (non-hydrogen) atoms. The minimum absolute atomic E-state index is 0.0777. The molecule has 146 valence electrons. The van der Waals surface area contributed by atoms with Crippen LogP contribution in [0.25, 0.3) is 22.2 Å². The zero-order valence-corrected chi connectivity index (χ0v) is 15.5. The number of piperidine rings is 1. The largest absolute Gasteiger partial charge is 0.393 e. The van der Waals surface area contributed by atoms with Crippen LogP contribution in [0, 0.1) is 5.92 Å². The Hall–Kier alpha value is -2.76. The van der Waals surface area contributed by atoms with Gasteiger partial charge in [-0.3, -0.25) is 4.79 Å². The Morgan fingerprint density at radius 2 is 1.71 bits per heavy atom. The molecule has 0 spiro atoms. The smallest absolute Gasteiger partial charge is 0.343 e. The zero-order valence-electron chi connectivity index (χ0n) is 15.5. The summed E-state index contributed by atoms with van der Waals surface area (Å²) in [5, 5.41) is 0.767. The van der Waals surface area contributed by atoms with Crippen molar-refractivity contribution in [1.82, 2.24) is 9.47 Å². The fraction of sp³-hybridized carbons (Fsp3) is 0.318. The number of para-hydroxylation sites is 1. The van der Waals surface area contributed by atoms with Crippen molar-refractivity contribution in [2.24, 2.45) is 13.0 Å². The molecule has 1 aromatic heterocycles. The average Bonchev–Trinajstić information content (AvgIpc) is 3.00. The number of hydrogen-bond acceptors (Lipinski definition) is 1. The van der Waals surface area contributed by atoms with Crippen LogP contribution < -0.4 is 0 Å². The minimum Gasteiger partial charge on any atom is -0.343 e. The van der Waals surface area contributed by atoms with E-state index in [2.05, 4.69) is 0 Å². The highest BCUT2D eigenvalue weighted by Crippen LogP contribution is 2.37. The van der Waals surface area contributed by atoms with Crippen LogP contribution in [0.15, 0.2) is 54.6 Å². The van der Waals surface area contributed by atoms with Crippen LogP contribution in [0.2, 0.25) is 0 Å². The Morgan fingerprint density at radius 3 is 2.43 bits per heavy atom. The summed E-state index contributed by atoms with van der Waals surface area (Å²) in [5.74, 6) is -1.79. The molecule has 1 fully saturated rings. The average molecular weight is 386 g/mol. The third-order valence-corrected chi connectivity index (χ3v) is 5.54. The highest BCUT2D eigenvalue weighted by atomic mass is 19.4. The van der Waals surface area contributed by atoms with E-state index in [0.717, 1.165) is 22.2 Å². The van der Waals surface area contributed by atoms with Gasteiger partial charge in [0.2, 0.25) is 0 Å². The molecule has 0 unspecified atom stereocenters. The molecule has 4 rings (SSSR count). The molecule has 0 aliphatic carbocycles. The number of fused-ring (bicyclic) bond motifs is 1. The molecule has 3 nitrogen and oxygen atoms in total. The Bertz CT molecular complexity index is 1010. The fourth-order valence-electron chi connectivity index (χ4n) is 4.13. The van der Waals surface area contributed by atoms with Crippen LogP contribution in [-0.4, -0.2) is 34.6 Å². The van der Waals surface area contributed by atoms with Crippen LogP contribution in [0.3, 0.4) is 0 Å².